The summed E-state index contributed by atoms with van der Waals surface area (Å²) in [5.41, 5.74) is 5.88. The minimum atomic E-state index is -2.58. The van der Waals surface area contributed by atoms with Crippen molar-refractivity contribution in [2.75, 3.05) is 0 Å². The van der Waals surface area contributed by atoms with Crippen LogP contribution in [0.5, 0.6) is 0 Å². The first-order valence-corrected chi connectivity index (χ1v) is 3.20. The van der Waals surface area contributed by atoms with Gasteiger partial charge in [0.2, 0.25) is 0 Å². The molecule has 11 heavy (non-hydrogen) atoms. The number of alkyl halides is 2. The molecule has 0 amide bonds. The normalized spacial score (nSPS) is 13.9. The fourth-order valence-corrected chi connectivity index (χ4v) is 0.704. The number of halogens is 2. The largest absolute Gasteiger partial charge is 0.333 e. The molecule has 0 aliphatic heterocycles. The average Bonchev–Trinajstić information content (AvgIpc) is 2.33. The van der Waals surface area contributed by atoms with Crippen LogP contribution < -0.4 is 5.73 Å². The molecule has 62 valence electrons. The van der Waals surface area contributed by atoms with E-state index in [1.807, 2.05) is 0 Å². The molecule has 1 aromatic heterocycles. The summed E-state index contributed by atoms with van der Waals surface area (Å²) in [6, 6.07) is 1.19. The fourth-order valence-electron chi connectivity index (χ4n) is 0.704. The molecular weight excluding hydrogens is 152 g/mol. The Hall–Kier alpha value is -0.970. The Morgan fingerprint density at radius 1 is 1.64 bits per heavy atom. The van der Waals surface area contributed by atoms with Crippen LogP contribution in [0.3, 0.4) is 0 Å². The summed E-state index contributed by atoms with van der Waals surface area (Å²) in [7, 11) is 0. The summed E-state index contributed by atoms with van der Waals surface area (Å²) >= 11 is 0. The lowest BCUT2D eigenvalue weighted by molar-refractivity contribution is 0.0561. The average molecular weight is 161 g/mol. The Labute approximate surface area is 62.8 Å². The molecule has 0 aliphatic rings. The van der Waals surface area contributed by atoms with Crippen molar-refractivity contribution in [1.82, 2.24) is 9.78 Å². The van der Waals surface area contributed by atoms with Gasteiger partial charge >= 0.3 is 6.55 Å². The summed E-state index contributed by atoms with van der Waals surface area (Å²) in [4.78, 5) is 0. The highest BCUT2D eigenvalue weighted by molar-refractivity contribution is 5.03. The molecule has 0 aromatic carbocycles. The zero-order valence-electron chi connectivity index (χ0n) is 6.04. The minimum Gasteiger partial charge on any atom is -0.323 e. The van der Waals surface area contributed by atoms with Crippen molar-refractivity contribution in [3.05, 3.63) is 18.0 Å². The summed E-state index contributed by atoms with van der Waals surface area (Å²) in [6.07, 6.45) is 1.21. The second-order valence-electron chi connectivity index (χ2n) is 2.29. The van der Waals surface area contributed by atoms with Crippen molar-refractivity contribution in [2.24, 2.45) is 5.73 Å². The molecule has 5 heteroatoms. The van der Waals surface area contributed by atoms with Gasteiger partial charge in [0.1, 0.15) is 0 Å². The molecule has 2 N–H and O–H groups in total. The van der Waals surface area contributed by atoms with E-state index in [-0.39, 0.29) is 6.04 Å². The van der Waals surface area contributed by atoms with Gasteiger partial charge in [0.15, 0.2) is 0 Å². The van der Waals surface area contributed by atoms with Crippen LogP contribution in [0.2, 0.25) is 0 Å². The van der Waals surface area contributed by atoms with Crippen LogP contribution in [0.15, 0.2) is 12.3 Å². The van der Waals surface area contributed by atoms with Gasteiger partial charge in [-0.05, 0) is 13.0 Å². The van der Waals surface area contributed by atoms with Gasteiger partial charge in [0, 0.05) is 12.2 Å². The maximum atomic E-state index is 11.9. The van der Waals surface area contributed by atoms with E-state index in [2.05, 4.69) is 5.10 Å². The number of nitrogens with two attached hydrogens (primary N) is 1. The molecule has 1 rings (SSSR count). The molecule has 0 aliphatic carbocycles. The standard InChI is InChI=1S/C6H9F2N3/c1-4(9)5-2-3-11(10-5)6(7)8/h2-4,6H,9H2,1H3/t4-/m1/s1. The first kappa shape index (κ1) is 8.13. The number of hydrogen-bond donors (Lipinski definition) is 1. The van der Waals surface area contributed by atoms with Crippen LogP contribution in [-0.4, -0.2) is 9.78 Å². The maximum absolute atomic E-state index is 11.9. The van der Waals surface area contributed by atoms with E-state index in [9.17, 15) is 8.78 Å². The molecule has 0 fully saturated rings. The third-order valence-corrected chi connectivity index (χ3v) is 1.30. The van der Waals surface area contributed by atoms with E-state index in [1.165, 1.54) is 12.3 Å². The fraction of sp³-hybridized carbons (Fsp3) is 0.500. The van der Waals surface area contributed by atoms with Crippen LogP contribution in [0.25, 0.3) is 0 Å². The molecule has 0 saturated heterocycles. The van der Waals surface area contributed by atoms with Crippen molar-refractivity contribution in [2.45, 2.75) is 19.5 Å². The van der Waals surface area contributed by atoms with Crippen molar-refractivity contribution >= 4 is 0 Å². The van der Waals surface area contributed by atoms with Crippen LogP contribution in [-0.2, 0) is 0 Å². The highest BCUT2D eigenvalue weighted by Gasteiger charge is 2.08. The van der Waals surface area contributed by atoms with Gasteiger partial charge in [-0.25, -0.2) is 4.68 Å². The first-order valence-electron chi connectivity index (χ1n) is 3.20. The molecule has 3 nitrogen and oxygen atoms in total. The molecule has 1 atom stereocenters. The molecule has 0 bridgehead atoms. The summed E-state index contributed by atoms with van der Waals surface area (Å²) < 4.78 is 24.4. The monoisotopic (exact) mass is 161 g/mol. The van der Waals surface area contributed by atoms with Gasteiger partial charge in [0.05, 0.1) is 5.69 Å². The smallest absolute Gasteiger partial charge is 0.323 e. The van der Waals surface area contributed by atoms with Crippen molar-refractivity contribution < 1.29 is 8.78 Å². The van der Waals surface area contributed by atoms with Crippen LogP contribution in [0.4, 0.5) is 8.78 Å². The van der Waals surface area contributed by atoms with E-state index in [0.717, 1.165) is 0 Å². The first-order chi connectivity index (χ1) is 5.11. The molecule has 1 aromatic rings. The Kier molecular flexibility index (Phi) is 2.19. The van der Waals surface area contributed by atoms with Crippen molar-refractivity contribution in [3.63, 3.8) is 0 Å². The third kappa shape index (κ3) is 1.74. The highest BCUT2D eigenvalue weighted by Crippen LogP contribution is 2.11. The minimum absolute atomic E-state index is 0.296. The number of hydrogen-bond acceptors (Lipinski definition) is 2. The van der Waals surface area contributed by atoms with Crippen LogP contribution >= 0.6 is 0 Å². The van der Waals surface area contributed by atoms with Crippen LogP contribution in [0, 0.1) is 0 Å². The van der Waals surface area contributed by atoms with Gasteiger partial charge in [-0.15, -0.1) is 0 Å². The number of aromatic nitrogens is 2. The molecule has 0 unspecified atom stereocenters. The summed E-state index contributed by atoms with van der Waals surface area (Å²) in [5, 5.41) is 3.55. The zero-order valence-corrected chi connectivity index (χ0v) is 6.04. The third-order valence-electron chi connectivity index (χ3n) is 1.30. The predicted molar refractivity (Wildman–Crippen MR) is 36.1 cm³/mol. The van der Waals surface area contributed by atoms with Crippen molar-refractivity contribution in [1.29, 1.82) is 0 Å². The van der Waals surface area contributed by atoms with Gasteiger partial charge in [-0.1, -0.05) is 0 Å². The maximum Gasteiger partial charge on any atom is 0.333 e. The molecule has 1 heterocycles. The lowest BCUT2D eigenvalue weighted by Gasteiger charge is -1.99. The van der Waals surface area contributed by atoms with Crippen molar-refractivity contribution in [3.8, 4) is 0 Å². The predicted octanol–water partition coefficient (Wildman–Crippen LogP) is 1.30. The highest BCUT2D eigenvalue weighted by atomic mass is 19.3. The van der Waals surface area contributed by atoms with Crippen LogP contribution in [0.1, 0.15) is 25.2 Å². The Morgan fingerprint density at radius 3 is 2.55 bits per heavy atom. The van der Waals surface area contributed by atoms with Gasteiger partial charge in [-0.3, -0.25) is 0 Å². The Morgan fingerprint density at radius 2 is 2.27 bits per heavy atom. The Balaban J connectivity index is 2.82. The Bertz CT molecular complexity index is 209. The lowest BCUT2D eigenvalue weighted by atomic mass is 10.3. The second-order valence-corrected chi connectivity index (χ2v) is 2.29. The van der Waals surface area contributed by atoms with E-state index >= 15 is 0 Å². The molecule has 0 radical (unpaired) electrons. The summed E-state index contributed by atoms with van der Waals surface area (Å²) in [6.45, 7) is -0.888. The van der Waals surface area contributed by atoms with E-state index in [0.29, 0.717) is 10.4 Å². The number of nitrogens with zero attached hydrogens (tertiary/aromatic N) is 2. The quantitative estimate of drug-likeness (QED) is 0.710. The van der Waals surface area contributed by atoms with Gasteiger partial charge in [0.25, 0.3) is 0 Å². The summed E-state index contributed by atoms with van der Waals surface area (Å²) in [5.74, 6) is 0. The molecule has 0 saturated carbocycles. The SMILES string of the molecule is C[C@@H](N)c1ccn(C(F)F)n1. The van der Waals surface area contributed by atoms with Gasteiger partial charge < -0.3 is 5.73 Å². The van der Waals surface area contributed by atoms with Gasteiger partial charge in [-0.2, -0.15) is 13.9 Å². The topological polar surface area (TPSA) is 43.8 Å². The van der Waals surface area contributed by atoms with E-state index in [4.69, 9.17) is 5.73 Å². The lowest BCUT2D eigenvalue weighted by Crippen LogP contribution is -2.07. The van der Waals surface area contributed by atoms with E-state index < -0.39 is 6.55 Å². The second kappa shape index (κ2) is 2.96. The molecule has 0 spiro atoms. The number of rotatable bonds is 2. The zero-order chi connectivity index (χ0) is 8.43. The van der Waals surface area contributed by atoms with E-state index in [1.54, 1.807) is 6.92 Å². The molecular formula is C6H9F2N3.